The lowest BCUT2D eigenvalue weighted by atomic mass is 10.2. The predicted molar refractivity (Wildman–Crippen MR) is 53.8 cm³/mol. The first kappa shape index (κ1) is 12.8. The molecule has 1 saturated carbocycles. The van der Waals surface area contributed by atoms with Crippen molar-refractivity contribution in [3.05, 3.63) is 0 Å². The standard InChI is InChI=1S/C9H13BrF3NO/c10-6-2-1-3-7(6)14-8(15)4-5-9(11,12)13/h6-7H,1-5H2,(H,14,15). The van der Waals surface area contributed by atoms with Crippen LogP contribution in [0.3, 0.4) is 0 Å². The van der Waals surface area contributed by atoms with E-state index in [1.807, 2.05) is 0 Å². The van der Waals surface area contributed by atoms with Crippen molar-refractivity contribution in [3.63, 3.8) is 0 Å². The van der Waals surface area contributed by atoms with Gasteiger partial charge in [0.15, 0.2) is 0 Å². The highest BCUT2D eigenvalue weighted by Crippen LogP contribution is 2.26. The molecule has 0 aliphatic heterocycles. The molecule has 0 aromatic heterocycles. The van der Waals surface area contributed by atoms with E-state index in [1.54, 1.807) is 0 Å². The lowest BCUT2D eigenvalue weighted by molar-refractivity contribution is -0.144. The van der Waals surface area contributed by atoms with Crippen LogP contribution in [0, 0.1) is 0 Å². The van der Waals surface area contributed by atoms with Crippen LogP contribution in [-0.4, -0.2) is 23.0 Å². The van der Waals surface area contributed by atoms with E-state index >= 15 is 0 Å². The van der Waals surface area contributed by atoms with Crippen molar-refractivity contribution in [1.29, 1.82) is 0 Å². The predicted octanol–water partition coefficient (Wildman–Crippen LogP) is 2.76. The summed E-state index contributed by atoms with van der Waals surface area (Å²) in [6.07, 6.45) is -2.96. The number of alkyl halides is 4. The Morgan fingerprint density at radius 2 is 2.07 bits per heavy atom. The van der Waals surface area contributed by atoms with Crippen molar-refractivity contribution in [1.82, 2.24) is 5.32 Å². The Balaban J connectivity index is 2.24. The highest BCUT2D eigenvalue weighted by molar-refractivity contribution is 9.09. The van der Waals surface area contributed by atoms with Gasteiger partial charge >= 0.3 is 6.18 Å². The first-order valence-corrected chi connectivity index (χ1v) is 5.80. The maximum Gasteiger partial charge on any atom is 0.389 e. The van der Waals surface area contributed by atoms with E-state index in [9.17, 15) is 18.0 Å². The van der Waals surface area contributed by atoms with E-state index in [4.69, 9.17) is 0 Å². The molecule has 1 rings (SSSR count). The van der Waals surface area contributed by atoms with Crippen molar-refractivity contribution in [3.8, 4) is 0 Å². The highest BCUT2D eigenvalue weighted by atomic mass is 79.9. The van der Waals surface area contributed by atoms with Crippen molar-refractivity contribution < 1.29 is 18.0 Å². The summed E-state index contributed by atoms with van der Waals surface area (Å²) in [6, 6.07) is -0.00858. The fourth-order valence-electron chi connectivity index (χ4n) is 1.61. The molecule has 2 nitrogen and oxygen atoms in total. The molecule has 0 aromatic carbocycles. The minimum Gasteiger partial charge on any atom is -0.352 e. The van der Waals surface area contributed by atoms with E-state index in [0.29, 0.717) is 0 Å². The second kappa shape index (κ2) is 5.18. The number of hydrogen-bond acceptors (Lipinski definition) is 1. The largest absolute Gasteiger partial charge is 0.389 e. The lowest BCUT2D eigenvalue weighted by Crippen LogP contribution is -2.38. The molecule has 88 valence electrons. The summed E-state index contributed by atoms with van der Waals surface area (Å²) in [4.78, 5) is 11.4. The minimum absolute atomic E-state index is 0.00858. The van der Waals surface area contributed by atoms with E-state index in [1.165, 1.54) is 0 Å². The number of hydrogen-bond donors (Lipinski definition) is 1. The van der Waals surface area contributed by atoms with Gasteiger partial charge in [0, 0.05) is 17.3 Å². The third-order valence-electron chi connectivity index (χ3n) is 2.41. The van der Waals surface area contributed by atoms with Crippen LogP contribution in [0.1, 0.15) is 32.1 Å². The number of carbonyl (C=O) groups is 1. The summed E-state index contributed by atoms with van der Waals surface area (Å²) < 4.78 is 35.5. The molecule has 1 fully saturated rings. The van der Waals surface area contributed by atoms with Crippen molar-refractivity contribution in [2.45, 2.75) is 49.1 Å². The topological polar surface area (TPSA) is 29.1 Å². The second-order valence-electron chi connectivity index (χ2n) is 3.74. The van der Waals surface area contributed by atoms with Gasteiger partial charge in [-0.3, -0.25) is 4.79 Å². The van der Waals surface area contributed by atoms with Crippen molar-refractivity contribution >= 4 is 21.8 Å². The normalized spacial score (nSPS) is 26.7. The second-order valence-corrected chi connectivity index (χ2v) is 4.91. The average molecular weight is 288 g/mol. The number of carbonyl (C=O) groups excluding carboxylic acids is 1. The fourth-order valence-corrected chi connectivity index (χ4v) is 2.33. The van der Waals surface area contributed by atoms with Crippen LogP contribution < -0.4 is 5.32 Å². The Hall–Kier alpha value is -0.260. The van der Waals surface area contributed by atoms with Gasteiger partial charge in [-0.2, -0.15) is 13.2 Å². The summed E-state index contributed by atoms with van der Waals surface area (Å²) in [6.45, 7) is 0. The Bertz CT molecular complexity index is 232. The van der Waals surface area contributed by atoms with Crippen molar-refractivity contribution in [2.24, 2.45) is 0 Å². The van der Waals surface area contributed by atoms with Crippen LogP contribution in [0.5, 0.6) is 0 Å². The Morgan fingerprint density at radius 3 is 2.53 bits per heavy atom. The smallest absolute Gasteiger partial charge is 0.352 e. The molecule has 2 atom stereocenters. The molecule has 1 aliphatic rings. The third-order valence-corrected chi connectivity index (χ3v) is 3.51. The van der Waals surface area contributed by atoms with Gasteiger partial charge in [-0.05, 0) is 12.8 Å². The van der Waals surface area contributed by atoms with Crippen LogP contribution in [0.2, 0.25) is 0 Å². The zero-order valence-corrected chi connectivity index (χ0v) is 9.70. The summed E-state index contributed by atoms with van der Waals surface area (Å²) in [5.41, 5.74) is 0. The zero-order chi connectivity index (χ0) is 11.5. The Morgan fingerprint density at radius 1 is 1.40 bits per heavy atom. The molecular weight excluding hydrogens is 275 g/mol. The SMILES string of the molecule is O=C(CCC(F)(F)F)NC1CCCC1Br. The molecule has 15 heavy (non-hydrogen) atoms. The first-order chi connectivity index (χ1) is 6.88. The number of nitrogens with one attached hydrogen (secondary N) is 1. The molecule has 1 N–H and O–H groups in total. The fraction of sp³-hybridized carbons (Fsp3) is 0.889. The van der Waals surface area contributed by atoms with Crippen LogP contribution in [-0.2, 0) is 4.79 Å². The van der Waals surface area contributed by atoms with Gasteiger partial charge in [0.2, 0.25) is 5.91 Å². The highest BCUT2D eigenvalue weighted by Gasteiger charge is 2.30. The summed E-state index contributed by atoms with van der Waals surface area (Å²) >= 11 is 3.39. The van der Waals surface area contributed by atoms with Gasteiger partial charge in [-0.1, -0.05) is 22.4 Å². The molecule has 1 amide bonds. The van der Waals surface area contributed by atoms with Gasteiger partial charge in [-0.15, -0.1) is 0 Å². The molecule has 0 aromatic rings. The minimum atomic E-state index is -4.25. The monoisotopic (exact) mass is 287 g/mol. The number of halogens is 4. The van der Waals surface area contributed by atoms with E-state index < -0.39 is 24.9 Å². The molecular formula is C9H13BrF3NO. The molecule has 0 spiro atoms. The Labute approximate surface area is 94.7 Å². The lowest BCUT2D eigenvalue weighted by Gasteiger charge is -2.16. The molecule has 0 heterocycles. The van der Waals surface area contributed by atoms with Crippen LogP contribution in [0.25, 0.3) is 0 Å². The molecule has 0 radical (unpaired) electrons. The zero-order valence-electron chi connectivity index (χ0n) is 8.11. The number of rotatable bonds is 3. The maximum absolute atomic E-state index is 11.8. The third kappa shape index (κ3) is 4.86. The molecule has 1 aliphatic carbocycles. The average Bonchev–Trinajstić information content (AvgIpc) is 2.47. The van der Waals surface area contributed by atoms with Crippen LogP contribution in [0.15, 0.2) is 0 Å². The summed E-state index contributed by atoms with van der Waals surface area (Å²) in [5.74, 6) is -0.510. The van der Waals surface area contributed by atoms with E-state index in [0.717, 1.165) is 19.3 Å². The Kier molecular flexibility index (Phi) is 4.43. The van der Waals surface area contributed by atoms with Gasteiger partial charge in [0.25, 0.3) is 0 Å². The quantitative estimate of drug-likeness (QED) is 0.795. The first-order valence-electron chi connectivity index (χ1n) is 4.88. The number of amides is 1. The van der Waals surface area contributed by atoms with Crippen LogP contribution in [0.4, 0.5) is 13.2 Å². The van der Waals surface area contributed by atoms with E-state index in [2.05, 4.69) is 21.2 Å². The molecule has 0 saturated heterocycles. The summed E-state index contributed by atoms with van der Waals surface area (Å²) in [7, 11) is 0. The van der Waals surface area contributed by atoms with E-state index in [-0.39, 0.29) is 10.9 Å². The van der Waals surface area contributed by atoms with Gasteiger partial charge in [0.1, 0.15) is 0 Å². The summed E-state index contributed by atoms with van der Waals surface area (Å²) in [5, 5.41) is 2.62. The van der Waals surface area contributed by atoms with Gasteiger partial charge < -0.3 is 5.32 Å². The molecule has 6 heteroatoms. The molecule has 0 bridgehead atoms. The van der Waals surface area contributed by atoms with Crippen molar-refractivity contribution in [2.75, 3.05) is 0 Å². The van der Waals surface area contributed by atoms with Crippen LogP contribution >= 0.6 is 15.9 Å². The van der Waals surface area contributed by atoms with Gasteiger partial charge in [0.05, 0.1) is 6.42 Å². The molecule has 2 unspecified atom stereocenters. The van der Waals surface area contributed by atoms with Gasteiger partial charge in [-0.25, -0.2) is 0 Å². The maximum atomic E-state index is 11.8.